The van der Waals surface area contributed by atoms with Crippen LogP contribution in [0.2, 0.25) is 0 Å². The minimum atomic E-state index is -4.77. The molecule has 0 amide bonds. The molecular formula is C14H12F4N2O. The van der Waals surface area contributed by atoms with Crippen LogP contribution in [-0.4, -0.2) is 12.0 Å². The highest BCUT2D eigenvalue weighted by Crippen LogP contribution is 2.35. The average Bonchev–Trinajstić information content (AvgIpc) is 2.42. The lowest BCUT2D eigenvalue weighted by Crippen LogP contribution is -2.09. The second-order valence-electron chi connectivity index (χ2n) is 4.26. The van der Waals surface area contributed by atoms with Crippen molar-refractivity contribution in [2.75, 3.05) is 7.05 Å². The summed E-state index contributed by atoms with van der Waals surface area (Å²) in [5.41, 5.74) is -0.635. The van der Waals surface area contributed by atoms with Crippen LogP contribution in [0, 0.1) is 5.82 Å². The molecule has 1 heterocycles. The molecule has 0 bridgehead atoms. The van der Waals surface area contributed by atoms with Gasteiger partial charge in [-0.05, 0) is 31.3 Å². The Bertz CT molecular complexity index is 629. The summed E-state index contributed by atoms with van der Waals surface area (Å²) in [6.45, 7) is 0.463. The quantitative estimate of drug-likeness (QED) is 0.873. The maximum Gasteiger partial charge on any atom is 0.419 e. The van der Waals surface area contributed by atoms with Crippen molar-refractivity contribution < 1.29 is 22.3 Å². The van der Waals surface area contributed by atoms with Crippen molar-refractivity contribution in [2.24, 2.45) is 0 Å². The van der Waals surface area contributed by atoms with Crippen molar-refractivity contribution >= 4 is 0 Å². The smallest absolute Gasteiger partial charge is 0.419 e. The maximum absolute atomic E-state index is 13.2. The zero-order valence-corrected chi connectivity index (χ0v) is 11.0. The number of hydrogen-bond donors (Lipinski definition) is 1. The highest BCUT2D eigenvalue weighted by Gasteiger charge is 2.34. The molecule has 112 valence electrons. The molecule has 0 aliphatic heterocycles. The fraction of sp³-hybridized carbons (Fsp3) is 0.214. The van der Waals surface area contributed by atoms with E-state index in [0.29, 0.717) is 18.4 Å². The Labute approximate surface area is 118 Å². The van der Waals surface area contributed by atoms with Gasteiger partial charge in [0, 0.05) is 18.3 Å². The van der Waals surface area contributed by atoms with Crippen LogP contribution in [-0.2, 0) is 12.7 Å². The summed E-state index contributed by atoms with van der Waals surface area (Å²) < 4.78 is 56.5. The summed E-state index contributed by atoms with van der Waals surface area (Å²) in [5.74, 6) is -1.13. The molecule has 1 aromatic carbocycles. The van der Waals surface area contributed by atoms with Gasteiger partial charge in [-0.15, -0.1) is 0 Å². The zero-order valence-electron chi connectivity index (χ0n) is 11.0. The van der Waals surface area contributed by atoms with E-state index in [1.54, 1.807) is 19.3 Å². The molecule has 2 aromatic rings. The summed E-state index contributed by atoms with van der Waals surface area (Å²) in [6.07, 6.45) is -1.83. The lowest BCUT2D eigenvalue weighted by Gasteiger charge is -2.13. The van der Waals surface area contributed by atoms with Gasteiger partial charge < -0.3 is 10.1 Å². The molecule has 2 rings (SSSR count). The fourth-order valence-electron chi connectivity index (χ4n) is 1.75. The number of halogens is 4. The largest absolute Gasteiger partial charge is 0.455 e. The molecular weight excluding hydrogens is 288 g/mol. The number of benzene rings is 1. The first-order chi connectivity index (χ1) is 9.91. The van der Waals surface area contributed by atoms with Gasteiger partial charge in [-0.3, -0.25) is 4.98 Å². The summed E-state index contributed by atoms with van der Waals surface area (Å²) >= 11 is 0. The molecule has 0 saturated carbocycles. The topological polar surface area (TPSA) is 34.2 Å². The molecule has 0 aliphatic carbocycles. The summed E-state index contributed by atoms with van der Waals surface area (Å²) in [4.78, 5) is 3.86. The number of hydrogen-bond acceptors (Lipinski definition) is 3. The Kier molecular flexibility index (Phi) is 4.42. The molecule has 0 fully saturated rings. The van der Waals surface area contributed by atoms with Gasteiger partial charge in [0.15, 0.2) is 0 Å². The van der Waals surface area contributed by atoms with E-state index in [1.165, 1.54) is 6.20 Å². The maximum atomic E-state index is 13.2. The highest BCUT2D eigenvalue weighted by atomic mass is 19.4. The van der Waals surface area contributed by atoms with E-state index < -0.39 is 17.6 Å². The molecule has 7 heteroatoms. The first-order valence-corrected chi connectivity index (χ1v) is 6.04. The zero-order chi connectivity index (χ0) is 15.5. The number of pyridine rings is 1. The van der Waals surface area contributed by atoms with Crippen LogP contribution in [0.3, 0.4) is 0 Å². The van der Waals surface area contributed by atoms with Gasteiger partial charge in [-0.1, -0.05) is 0 Å². The van der Waals surface area contributed by atoms with Gasteiger partial charge in [0.25, 0.3) is 0 Å². The van der Waals surface area contributed by atoms with Crippen molar-refractivity contribution in [1.29, 1.82) is 0 Å². The average molecular weight is 300 g/mol. The molecule has 0 spiro atoms. The standard InChI is InChI=1S/C14H12F4N2O/c1-19-7-9-4-5-20-8-13(9)21-10-2-3-12(15)11(6-10)14(16,17)18/h2-6,8,19H,7H2,1H3. The monoisotopic (exact) mass is 300 g/mol. The Morgan fingerprint density at radius 3 is 2.67 bits per heavy atom. The minimum absolute atomic E-state index is 0.103. The highest BCUT2D eigenvalue weighted by molar-refractivity contribution is 5.38. The second-order valence-corrected chi connectivity index (χ2v) is 4.26. The van der Waals surface area contributed by atoms with E-state index >= 15 is 0 Å². The van der Waals surface area contributed by atoms with Crippen molar-refractivity contribution in [3.63, 3.8) is 0 Å². The van der Waals surface area contributed by atoms with Crippen LogP contribution < -0.4 is 10.1 Å². The predicted molar refractivity (Wildman–Crippen MR) is 68.5 cm³/mol. The van der Waals surface area contributed by atoms with E-state index in [1.807, 2.05) is 0 Å². The van der Waals surface area contributed by atoms with Crippen LogP contribution in [0.25, 0.3) is 0 Å². The molecule has 0 aliphatic rings. The van der Waals surface area contributed by atoms with E-state index in [-0.39, 0.29) is 5.75 Å². The fourth-order valence-corrected chi connectivity index (χ4v) is 1.75. The van der Waals surface area contributed by atoms with E-state index in [0.717, 1.165) is 17.7 Å². The van der Waals surface area contributed by atoms with Crippen LogP contribution in [0.4, 0.5) is 17.6 Å². The minimum Gasteiger partial charge on any atom is -0.455 e. The van der Waals surface area contributed by atoms with Gasteiger partial charge in [0.1, 0.15) is 17.3 Å². The summed E-state index contributed by atoms with van der Waals surface area (Å²) in [6, 6.07) is 4.18. The Morgan fingerprint density at radius 1 is 1.24 bits per heavy atom. The van der Waals surface area contributed by atoms with Gasteiger partial charge in [0.2, 0.25) is 0 Å². The summed E-state index contributed by atoms with van der Waals surface area (Å²) in [7, 11) is 1.73. The third-order valence-electron chi connectivity index (χ3n) is 2.71. The third kappa shape index (κ3) is 3.69. The van der Waals surface area contributed by atoms with Gasteiger partial charge in [0.05, 0.1) is 11.8 Å². The van der Waals surface area contributed by atoms with Gasteiger partial charge >= 0.3 is 6.18 Å². The van der Waals surface area contributed by atoms with E-state index in [4.69, 9.17) is 4.74 Å². The SMILES string of the molecule is CNCc1ccncc1Oc1ccc(F)c(C(F)(F)F)c1. The molecule has 0 unspecified atom stereocenters. The molecule has 1 N–H and O–H groups in total. The molecule has 3 nitrogen and oxygen atoms in total. The van der Waals surface area contributed by atoms with Crippen LogP contribution in [0.1, 0.15) is 11.1 Å². The number of nitrogens with one attached hydrogen (secondary N) is 1. The van der Waals surface area contributed by atoms with Crippen molar-refractivity contribution in [1.82, 2.24) is 10.3 Å². The molecule has 21 heavy (non-hydrogen) atoms. The summed E-state index contributed by atoms with van der Waals surface area (Å²) in [5, 5.41) is 2.91. The van der Waals surface area contributed by atoms with Crippen LogP contribution in [0.15, 0.2) is 36.7 Å². The number of aromatic nitrogens is 1. The van der Waals surface area contributed by atoms with Crippen LogP contribution in [0.5, 0.6) is 11.5 Å². The van der Waals surface area contributed by atoms with Crippen LogP contribution >= 0.6 is 0 Å². The van der Waals surface area contributed by atoms with Gasteiger partial charge in [-0.25, -0.2) is 4.39 Å². The molecule has 0 radical (unpaired) electrons. The first kappa shape index (κ1) is 15.2. The number of ether oxygens (including phenoxy) is 1. The van der Waals surface area contributed by atoms with Crippen molar-refractivity contribution in [3.05, 3.63) is 53.6 Å². The molecule has 1 aromatic heterocycles. The number of alkyl halides is 3. The van der Waals surface area contributed by atoms with E-state index in [2.05, 4.69) is 10.3 Å². The first-order valence-electron chi connectivity index (χ1n) is 6.04. The van der Waals surface area contributed by atoms with Gasteiger partial charge in [-0.2, -0.15) is 13.2 Å². The molecule has 0 atom stereocenters. The number of nitrogens with zero attached hydrogens (tertiary/aromatic N) is 1. The Balaban J connectivity index is 2.33. The van der Waals surface area contributed by atoms with Crippen molar-refractivity contribution in [2.45, 2.75) is 12.7 Å². The Morgan fingerprint density at radius 2 is 2.00 bits per heavy atom. The Hall–Kier alpha value is -2.15. The lowest BCUT2D eigenvalue weighted by molar-refractivity contribution is -0.140. The third-order valence-corrected chi connectivity index (χ3v) is 2.71. The second kappa shape index (κ2) is 6.09. The predicted octanol–water partition coefficient (Wildman–Crippen LogP) is 3.75. The number of rotatable bonds is 4. The lowest BCUT2D eigenvalue weighted by atomic mass is 10.2. The van der Waals surface area contributed by atoms with Crippen molar-refractivity contribution in [3.8, 4) is 11.5 Å². The normalized spacial score (nSPS) is 11.5. The molecule has 0 saturated heterocycles. The van der Waals surface area contributed by atoms with E-state index in [9.17, 15) is 17.6 Å².